The van der Waals surface area contributed by atoms with Crippen LogP contribution in [0.25, 0.3) is 5.76 Å². The molecule has 0 amide bonds. The molecule has 1 aliphatic heterocycles. The lowest BCUT2D eigenvalue weighted by Crippen LogP contribution is -2.30. The highest BCUT2D eigenvalue weighted by Gasteiger charge is 2.57. The Hall–Kier alpha value is -2.35. The summed E-state index contributed by atoms with van der Waals surface area (Å²) >= 11 is 0. The van der Waals surface area contributed by atoms with Crippen molar-refractivity contribution in [3.63, 3.8) is 0 Å². The van der Waals surface area contributed by atoms with Crippen LogP contribution >= 0.6 is 0 Å². The molecule has 0 aromatic heterocycles. The van der Waals surface area contributed by atoms with Crippen LogP contribution in [-0.4, -0.2) is 5.97 Å². The third kappa shape index (κ3) is 1.84. The van der Waals surface area contributed by atoms with Crippen molar-refractivity contribution >= 4 is 11.7 Å². The Morgan fingerprint density at radius 3 is 2.22 bits per heavy atom. The van der Waals surface area contributed by atoms with Gasteiger partial charge in [0, 0.05) is 11.5 Å². The molecule has 3 fully saturated rings. The van der Waals surface area contributed by atoms with Crippen molar-refractivity contribution in [2.45, 2.75) is 18.8 Å². The molecule has 23 heavy (non-hydrogen) atoms. The van der Waals surface area contributed by atoms with E-state index in [-0.39, 0.29) is 11.9 Å². The molecule has 0 unspecified atom stereocenters. The first-order valence-corrected chi connectivity index (χ1v) is 8.39. The largest absolute Gasteiger partial charge is 0.425 e. The minimum Gasteiger partial charge on any atom is -0.425 e. The van der Waals surface area contributed by atoms with E-state index >= 15 is 0 Å². The number of benzene rings is 2. The van der Waals surface area contributed by atoms with Gasteiger partial charge in [0.05, 0.1) is 5.92 Å². The molecule has 0 radical (unpaired) electrons. The van der Waals surface area contributed by atoms with Crippen molar-refractivity contribution in [1.82, 2.24) is 0 Å². The quantitative estimate of drug-likeness (QED) is 0.769. The average molecular weight is 302 g/mol. The van der Waals surface area contributed by atoms with E-state index in [1.165, 1.54) is 18.4 Å². The van der Waals surface area contributed by atoms with Crippen LogP contribution in [0.2, 0.25) is 0 Å². The zero-order valence-electron chi connectivity index (χ0n) is 12.8. The lowest BCUT2D eigenvalue weighted by Gasteiger charge is -2.31. The zero-order chi connectivity index (χ0) is 15.4. The molecule has 2 aromatic rings. The van der Waals surface area contributed by atoms with Gasteiger partial charge in [0.15, 0.2) is 0 Å². The molecule has 2 atom stereocenters. The lowest BCUT2D eigenvalue weighted by molar-refractivity contribution is -0.140. The Bertz CT molecular complexity index is 785. The van der Waals surface area contributed by atoms with E-state index in [1.54, 1.807) is 0 Å². The van der Waals surface area contributed by atoms with Crippen molar-refractivity contribution in [1.29, 1.82) is 0 Å². The fraction of sp³-hybridized carbons (Fsp3) is 0.286. The molecule has 3 saturated carbocycles. The summed E-state index contributed by atoms with van der Waals surface area (Å²) in [6.07, 6.45) is 2.44. The van der Waals surface area contributed by atoms with Crippen LogP contribution in [0.4, 0.5) is 0 Å². The van der Waals surface area contributed by atoms with Gasteiger partial charge in [-0.1, -0.05) is 60.7 Å². The third-order valence-electron chi connectivity index (χ3n) is 5.75. The van der Waals surface area contributed by atoms with Crippen LogP contribution in [0.15, 0.2) is 66.2 Å². The Balaban J connectivity index is 1.66. The molecule has 2 bridgehead atoms. The van der Waals surface area contributed by atoms with E-state index < -0.39 is 0 Å². The fourth-order valence-corrected chi connectivity index (χ4v) is 4.71. The van der Waals surface area contributed by atoms with E-state index in [1.807, 2.05) is 48.5 Å². The Kier molecular flexibility index (Phi) is 2.75. The number of ether oxygens (including phenoxy) is 1. The van der Waals surface area contributed by atoms with Crippen LogP contribution < -0.4 is 0 Å². The normalized spacial score (nSPS) is 31.4. The number of carbonyl (C=O) groups excluding carboxylic acids is 1. The molecular weight excluding hydrogens is 284 g/mol. The van der Waals surface area contributed by atoms with E-state index in [0.717, 1.165) is 16.9 Å². The summed E-state index contributed by atoms with van der Waals surface area (Å²) in [5, 5.41) is 0. The molecule has 4 aliphatic rings. The second-order valence-corrected chi connectivity index (χ2v) is 6.91. The molecule has 3 aliphatic carbocycles. The molecule has 0 saturated heterocycles. The van der Waals surface area contributed by atoms with Crippen molar-refractivity contribution in [3.8, 4) is 0 Å². The maximum atomic E-state index is 12.8. The monoisotopic (exact) mass is 302 g/mol. The summed E-state index contributed by atoms with van der Waals surface area (Å²) in [6, 6.07) is 20.3. The van der Waals surface area contributed by atoms with Gasteiger partial charge >= 0.3 is 5.97 Å². The standard InChI is InChI=1S/C21H18O2/c22-21-19(13-7-3-1-4-8-13)17-15-11-16(12-15)18(17)20(23-21)14-9-5-2-6-10-14/h1-10,15-17,19H,11-12H2/t15?,16?,17-,19-/m1/s1. The Morgan fingerprint density at radius 2 is 1.52 bits per heavy atom. The van der Waals surface area contributed by atoms with Crippen LogP contribution in [0.1, 0.15) is 29.9 Å². The minimum absolute atomic E-state index is 0.0867. The van der Waals surface area contributed by atoms with Gasteiger partial charge in [0.25, 0.3) is 0 Å². The number of hydrogen-bond donors (Lipinski definition) is 0. The van der Waals surface area contributed by atoms with Gasteiger partial charge in [-0.2, -0.15) is 0 Å². The number of carbonyl (C=O) groups is 1. The highest BCUT2D eigenvalue weighted by atomic mass is 16.5. The van der Waals surface area contributed by atoms with Crippen LogP contribution in [0, 0.1) is 17.8 Å². The fourth-order valence-electron chi connectivity index (χ4n) is 4.71. The van der Waals surface area contributed by atoms with E-state index in [0.29, 0.717) is 17.8 Å². The highest BCUT2D eigenvalue weighted by molar-refractivity contribution is 5.89. The van der Waals surface area contributed by atoms with Crippen molar-refractivity contribution in [3.05, 3.63) is 77.4 Å². The Labute approximate surface area is 135 Å². The highest BCUT2D eigenvalue weighted by Crippen LogP contribution is 2.64. The van der Waals surface area contributed by atoms with Crippen LogP contribution in [-0.2, 0) is 9.53 Å². The molecule has 0 spiro atoms. The van der Waals surface area contributed by atoms with Crippen LogP contribution in [0.3, 0.4) is 0 Å². The number of cyclic esters (lactones) is 1. The summed E-state index contributed by atoms with van der Waals surface area (Å²) in [4.78, 5) is 12.8. The first-order valence-electron chi connectivity index (χ1n) is 8.39. The molecule has 2 heteroatoms. The molecule has 1 heterocycles. The summed E-state index contributed by atoms with van der Waals surface area (Å²) < 4.78 is 5.89. The summed E-state index contributed by atoms with van der Waals surface area (Å²) in [5.74, 6) is 2.22. The average Bonchev–Trinajstić information content (AvgIpc) is 3.10. The van der Waals surface area contributed by atoms with Gasteiger partial charge in [-0.25, -0.2) is 0 Å². The van der Waals surface area contributed by atoms with Crippen molar-refractivity contribution in [2.24, 2.45) is 17.8 Å². The number of allylic oxidation sites excluding steroid dienone is 1. The third-order valence-corrected chi connectivity index (χ3v) is 5.75. The second-order valence-electron chi connectivity index (χ2n) is 6.91. The molecule has 0 N–H and O–H groups in total. The van der Waals surface area contributed by atoms with Crippen molar-refractivity contribution in [2.75, 3.05) is 0 Å². The van der Waals surface area contributed by atoms with Gasteiger partial charge in [-0.05, 0) is 35.8 Å². The van der Waals surface area contributed by atoms with Gasteiger partial charge in [-0.3, -0.25) is 4.79 Å². The van der Waals surface area contributed by atoms with Crippen molar-refractivity contribution < 1.29 is 9.53 Å². The summed E-state index contributed by atoms with van der Waals surface area (Å²) in [5.41, 5.74) is 3.54. The number of hydrogen-bond acceptors (Lipinski definition) is 2. The molecule has 6 rings (SSSR count). The minimum atomic E-state index is -0.129. The number of esters is 1. The van der Waals surface area contributed by atoms with Gasteiger partial charge < -0.3 is 4.74 Å². The first kappa shape index (κ1) is 13.1. The lowest BCUT2D eigenvalue weighted by atomic mass is 9.76. The van der Waals surface area contributed by atoms with Gasteiger partial charge in [0.1, 0.15) is 5.76 Å². The predicted molar refractivity (Wildman–Crippen MR) is 88.3 cm³/mol. The molecule has 2 aromatic carbocycles. The molecule has 114 valence electrons. The number of rotatable bonds is 2. The maximum absolute atomic E-state index is 12.8. The molecular formula is C21H18O2. The SMILES string of the molecule is O=C1OC(c2ccccc2)=C2C3CC(C3)[C@H]2[C@H]1c1ccccc1. The van der Waals surface area contributed by atoms with E-state index in [2.05, 4.69) is 12.1 Å². The van der Waals surface area contributed by atoms with E-state index in [4.69, 9.17) is 4.74 Å². The first-order chi connectivity index (χ1) is 11.3. The summed E-state index contributed by atoms with van der Waals surface area (Å²) in [6.45, 7) is 0. The summed E-state index contributed by atoms with van der Waals surface area (Å²) in [7, 11) is 0. The van der Waals surface area contributed by atoms with Gasteiger partial charge in [-0.15, -0.1) is 0 Å². The predicted octanol–water partition coefficient (Wildman–Crippen LogP) is 4.39. The topological polar surface area (TPSA) is 26.3 Å². The zero-order valence-corrected chi connectivity index (χ0v) is 12.8. The smallest absolute Gasteiger partial charge is 0.319 e. The second kappa shape index (κ2) is 4.82. The van der Waals surface area contributed by atoms with E-state index in [9.17, 15) is 4.79 Å². The maximum Gasteiger partial charge on any atom is 0.319 e. The molecule has 2 nitrogen and oxygen atoms in total. The Morgan fingerprint density at radius 1 is 0.870 bits per heavy atom. The van der Waals surface area contributed by atoms with Gasteiger partial charge in [0.2, 0.25) is 0 Å². The van der Waals surface area contributed by atoms with Crippen LogP contribution in [0.5, 0.6) is 0 Å².